The third kappa shape index (κ3) is 8.81. The molecule has 4 rings (SSSR count). The first kappa shape index (κ1) is 27.4. The van der Waals surface area contributed by atoms with E-state index < -0.39 is 0 Å². The number of nitrogens with two attached hydrogens (primary N) is 1. The predicted molar refractivity (Wildman–Crippen MR) is 136 cm³/mol. The molecule has 184 valence electrons. The fourth-order valence-electron chi connectivity index (χ4n) is 2.43. The van der Waals surface area contributed by atoms with Crippen LogP contribution in [0.25, 0.3) is 23.2 Å². The van der Waals surface area contributed by atoms with Gasteiger partial charge in [-0.3, -0.25) is 5.43 Å². The molecule has 4 aromatic rings. The maximum absolute atomic E-state index is 8.81. The van der Waals surface area contributed by atoms with E-state index in [2.05, 4.69) is 35.9 Å². The summed E-state index contributed by atoms with van der Waals surface area (Å²) in [6.07, 6.45) is 2.37. The molecule has 0 saturated carbocycles. The minimum absolute atomic E-state index is 0.307. The molecule has 35 heavy (non-hydrogen) atoms. The molecule has 0 atom stereocenters. The summed E-state index contributed by atoms with van der Waals surface area (Å²) in [5.74, 6) is 9.76. The van der Waals surface area contributed by atoms with Crippen molar-refractivity contribution >= 4 is 47.3 Å². The second-order valence-electron chi connectivity index (χ2n) is 6.50. The second-order valence-corrected chi connectivity index (χ2v) is 7.27. The van der Waals surface area contributed by atoms with Crippen molar-refractivity contribution in [3.63, 3.8) is 0 Å². The lowest BCUT2D eigenvalue weighted by molar-refractivity contribution is -0.106. The number of halogens is 2. The Morgan fingerprint density at radius 2 is 1.31 bits per heavy atom. The van der Waals surface area contributed by atoms with E-state index in [0.29, 0.717) is 45.1 Å². The van der Waals surface area contributed by atoms with Gasteiger partial charge in [-0.05, 0) is 52.0 Å². The molecule has 4 heterocycles. The minimum Gasteiger partial charge on any atom is -0.458 e. The highest BCUT2D eigenvalue weighted by Crippen LogP contribution is 2.23. The SMILES string of the molecule is C/C=N/Nc1cc(Cl)nc(-c2ccc(C)o2)n1.CC=O.Cc1ccc(-c2nc(Cl)cc(NN)n2)o1. The number of aromatic nitrogens is 4. The molecule has 0 aromatic carbocycles. The van der Waals surface area contributed by atoms with Crippen molar-refractivity contribution in [2.45, 2.75) is 27.7 Å². The van der Waals surface area contributed by atoms with Gasteiger partial charge in [-0.1, -0.05) is 23.2 Å². The number of furan rings is 2. The van der Waals surface area contributed by atoms with E-state index in [9.17, 15) is 0 Å². The molecular weight excluding hydrogens is 495 g/mol. The molecule has 0 bridgehead atoms. The Kier molecular flexibility index (Phi) is 10.8. The number of carbonyl (C=O) groups is 1. The Hall–Kier alpha value is -3.80. The van der Waals surface area contributed by atoms with Crippen molar-refractivity contribution in [3.05, 3.63) is 58.2 Å². The second kappa shape index (κ2) is 13.8. The molecule has 11 nitrogen and oxygen atoms in total. The van der Waals surface area contributed by atoms with Crippen LogP contribution in [0.4, 0.5) is 11.6 Å². The van der Waals surface area contributed by atoms with Crippen LogP contribution >= 0.6 is 23.2 Å². The molecule has 0 radical (unpaired) electrons. The molecule has 13 heteroatoms. The van der Waals surface area contributed by atoms with Gasteiger partial charge in [-0.2, -0.15) is 5.10 Å². The van der Waals surface area contributed by atoms with Crippen LogP contribution in [-0.4, -0.2) is 32.4 Å². The summed E-state index contributed by atoms with van der Waals surface area (Å²) < 4.78 is 10.8. The van der Waals surface area contributed by atoms with Crippen molar-refractivity contribution in [3.8, 4) is 23.2 Å². The van der Waals surface area contributed by atoms with Crippen LogP contribution in [0, 0.1) is 13.8 Å². The van der Waals surface area contributed by atoms with Gasteiger partial charge in [0.1, 0.15) is 33.9 Å². The summed E-state index contributed by atoms with van der Waals surface area (Å²) in [5, 5.41) is 4.51. The van der Waals surface area contributed by atoms with Crippen LogP contribution in [0.2, 0.25) is 10.3 Å². The number of rotatable bonds is 5. The highest BCUT2D eigenvalue weighted by atomic mass is 35.5. The number of hydrogen-bond donors (Lipinski definition) is 3. The Bertz CT molecular complexity index is 1270. The van der Waals surface area contributed by atoms with Gasteiger partial charge in [0, 0.05) is 18.3 Å². The summed E-state index contributed by atoms with van der Waals surface area (Å²) >= 11 is 11.7. The summed E-state index contributed by atoms with van der Waals surface area (Å²) in [4.78, 5) is 25.3. The monoisotopic (exact) mass is 518 g/mol. The molecule has 0 fully saturated rings. The number of hydrazine groups is 1. The van der Waals surface area contributed by atoms with Crippen LogP contribution in [0.1, 0.15) is 25.4 Å². The Labute approximate surface area is 211 Å². The average molecular weight is 519 g/mol. The van der Waals surface area contributed by atoms with E-state index in [1.54, 1.807) is 31.3 Å². The maximum atomic E-state index is 8.81. The number of hydrazone groups is 1. The number of aryl methyl sites for hydroxylation is 2. The largest absolute Gasteiger partial charge is 0.458 e. The first-order valence-corrected chi connectivity index (χ1v) is 10.9. The zero-order valence-corrected chi connectivity index (χ0v) is 20.9. The molecule has 4 aromatic heterocycles. The Balaban J connectivity index is 0.000000223. The van der Waals surface area contributed by atoms with Gasteiger partial charge in [-0.15, -0.1) is 0 Å². The van der Waals surface area contributed by atoms with E-state index in [1.807, 2.05) is 26.0 Å². The summed E-state index contributed by atoms with van der Waals surface area (Å²) in [6.45, 7) is 6.94. The number of hydrogen-bond acceptors (Lipinski definition) is 11. The third-order valence-electron chi connectivity index (χ3n) is 3.77. The summed E-state index contributed by atoms with van der Waals surface area (Å²) in [7, 11) is 0. The molecule has 0 aliphatic rings. The average Bonchev–Trinajstić information content (AvgIpc) is 3.46. The van der Waals surface area contributed by atoms with Crippen molar-refractivity contribution < 1.29 is 13.6 Å². The van der Waals surface area contributed by atoms with E-state index >= 15 is 0 Å². The van der Waals surface area contributed by atoms with E-state index in [-0.39, 0.29) is 0 Å². The van der Waals surface area contributed by atoms with Crippen LogP contribution in [0.15, 0.2) is 50.3 Å². The molecule has 0 saturated heterocycles. The molecule has 0 spiro atoms. The van der Waals surface area contributed by atoms with Gasteiger partial charge in [0.15, 0.2) is 29.0 Å². The van der Waals surface area contributed by atoms with Crippen molar-refractivity contribution in [2.75, 3.05) is 10.9 Å². The molecule has 0 amide bonds. The zero-order valence-electron chi connectivity index (χ0n) is 19.4. The lowest BCUT2D eigenvalue weighted by atomic mass is 10.4. The van der Waals surface area contributed by atoms with Crippen molar-refractivity contribution in [1.29, 1.82) is 0 Å². The van der Waals surface area contributed by atoms with Crippen LogP contribution in [0.5, 0.6) is 0 Å². The maximum Gasteiger partial charge on any atom is 0.199 e. The molecular formula is C22H24Cl2N8O3. The predicted octanol–water partition coefficient (Wildman–Crippen LogP) is 5.31. The quantitative estimate of drug-likeness (QED) is 0.104. The number of nitrogens with one attached hydrogen (secondary N) is 2. The highest BCUT2D eigenvalue weighted by Gasteiger charge is 2.10. The summed E-state index contributed by atoms with van der Waals surface area (Å²) in [5.41, 5.74) is 5.15. The molecule has 4 N–H and O–H groups in total. The highest BCUT2D eigenvalue weighted by molar-refractivity contribution is 6.30. The molecule has 0 unspecified atom stereocenters. The van der Waals surface area contributed by atoms with E-state index in [0.717, 1.165) is 17.8 Å². The van der Waals surface area contributed by atoms with Gasteiger partial charge in [0.25, 0.3) is 0 Å². The molecule has 0 aliphatic carbocycles. The van der Waals surface area contributed by atoms with Crippen molar-refractivity contribution in [1.82, 2.24) is 19.9 Å². The van der Waals surface area contributed by atoms with Gasteiger partial charge < -0.3 is 19.1 Å². The van der Waals surface area contributed by atoms with E-state index in [1.165, 1.54) is 13.0 Å². The fraction of sp³-hybridized carbons (Fsp3) is 0.182. The lowest BCUT2D eigenvalue weighted by Crippen LogP contribution is -2.09. The van der Waals surface area contributed by atoms with Gasteiger partial charge in [0.2, 0.25) is 0 Å². The fourth-order valence-corrected chi connectivity index (χ4v) is 2.79. The van der Waals surface area contributed by atoms with Crippen LogP contribution in [0.3, 0.4) is 0 Å². The van der Waals surface area contributed by atoms with Crippen LogP contribution in [-0.2, 0) is 4.79 Å². The zero-order chi connectivity index (χ0) is 25.8. The topological polar surface area (TPSA) is 157 Å². The van der Waals surface area contributed by atoms with Crippen molar-refractivity contribution in [2.24, 2.45) is 10.9 Å². The standard InChI is InChI=1S/C11H11ClN4O.C9H9ClN4O.C2H4O/c1-3-13-16-10-6-9(12)14-11(15-10)8-5-4-7(2)17-8;1-5-2-3-6(15-5)9-12-7(10)4-8(13-9)14-11;1-2-3/h3-6H,1-2H3,(H,14,15,16);2-4H,11H2,1H3,(H,12,13,14);2H,1H3/b13-3+;;. The van der Waals surface area contributed by atoms with Gasteiger partial charge >= 0.3 is 0 Å². The molecule has 0 aliphatic heterocycles. The van der Waals surface area contributed by atoms with Gasteiger partial charge in [0.05, 0.1) is 0 Å². The van der Waals surface area contributed by atoms with Gasteiger partial charge in [-0.25, -0.2) is 25.8 Å². The number of nitrogen functional groups attached to an aromatic ring is 1. The first-order valence-electron chi connectivity index (χ1n) is 10.1. The normalized spacial score (nSPS) is 10.1. The third-order valence-corrected chi connectivity index (χ3v) is 4.15. The smallest absolute Gasteiger partial charge is 0.199 e. The summed E-state index contributed by atoms with van der Waals surface area (Å²) in [6, 6.07) is 10.4. The van der Waals surface area contributed by atoms with E-state index in [4.69, 9.17) is 42.7 Å². The number of anilines is 2. The Morgan fingerprint density at radius 3 is 1.71 bits per heavy atom. The first-order chi connectivity index (χ1) is 16.8. The Morgan fingerprint density at radius 1 is 0.857 bits per heavy atom. The number of carbonyl (C=O) groups excluding carboxylic acids is 1. The minimum atomic E-state index is 0.307. The number of nitrogens with zero attached hydrogens (tertiary/aromatic N) is 5. The number of aldehydes is 1. The lowest BCUT2D eigenvalue weighted by Gasteiger charge is -2.02. The van der Waals surface area contributed by atoms with Crippen LogP contribution < -0.4 is 16.7 Å².